The van der Waals surface area contributed by atoms with Crippen molar-refractivity contribution in [2.24, 2.45) is 0 Å². The monoisotopic (exact) mass is 241 g/mol. The summed E-state index contributed by atoms with van der Waals surface area (Å²) in [5.74, 6) is 0. The normalized spacial score (nSPS) is 46.4. The molecule has 0 bridgehead atoms. The molecule has 0 spiro atoms. The van der Waals surface area contributed by atoms with E-state index in [2.05, 4.69) is 40.0 Å². The molecule has 0 aliphatic carbocycles. The van der Waals surface area contributed by atoms with Crippen molar-refractivity contribution in [2.45, 2.75) is 32.4 Å². The molecular weight excluding hydrogens is 221 g/mol. The summed E-state index contributed by atoms with van der Waals surface area (Å²) >= 11 is 0. The first-order valence-corrected chi connectivity index (χ1v) is 7.75. The molecule has 0 aromatic carbocycles. The summed E-state index contributed by atoms with van der Waals surface area (Å²) in [6.07, 6.45) is 5.38. The van der Waals surface area contributed by atoms with Crippen molar-refractivity contribution < 1.29 is 4.57 Å². The Kier molecular flexibility index (Phi) is 2.52. The van der Waals surface area contributed by atoms with Gasteiger partial charge in [0.2, 0.25) is 0 Å². The van der Waals surface area contributed by atoms with Crippen molar-refractivity contribution in [1.29, 1.82) is 0 Å². The molecule has 4 unspecified atom stereocenters. The van der Waals surface area contributed by atoms with Crippen LogP contribution in [0, 0.1) is 0 Å². The van der Waals surface area contributed by atoms with Crippen molar-refractivity contribution in [3.8, 4) is 0 Å². The Bertz CT molecular complexity index is 350. The average Bonchev–Trinajstić information content (AvgIpc) is 3.18. The summed E-state index contributed by atoms with van der Waals surface area (Å²) in [7, 11) is -2.38. The Morgan fingerprint density at radius 1 is 1.12 bits per heavy atom. The second-order valence-electron chi connectivity index (χ2n) is 5.13. The fourth-order valence-corrected chi connectivity index (χ4v) is 6.06. The maximum atomic E-state index is 13.3. The van der Waals surface area contributed by atoms with Gasteiger partial charge < -0.3 is 0 Å². The van der Waals surface area contributed by atoms with E-state index in [0.717, 1.165) is 32.6 Å². The molecule has 0 aromatic rings. The molecular formula is C11H20N3OP. The van der Waals surface area contributed by atoms with E-state index in [9.17, 15) is 4.57 Å². The van der Waals surface area contributed by atoms with Crippen LogP contribution in [0.3, 0.4) is 0 Å². The van der Waals surface area contributed by atoms with Gasteiger partial charge >= 0.3 is 0 Å². The third kappa shape index (κ3) is 1.60. The molecule has 3 heterocycles. The molecule has 16 heavy (non-hydrogen) atoms. The SMILES string of the molecule is CC1CN1P(=O)(N1CC=CCC1)N1CC1C. The van der Waals surface area contributed by atoms with Crippen LogP contribution in [0.15, 0.2) is 12.2 Å². The lowest BCUT2D eigenvalue weighted by atomic mass is 10.3. The summed E-state index contributed by atoms with van der Waals surface area (Å²) < 4.78 is 19.8. The molecule has 2 fully saturated rings. The topological polar surface area (TPSA) is 26.3 Å². The second-order valence-corrected chi connectivity index (χ2v) is 7.75. The minimum atomic E-state index is -2.38. The zero-order chi connectivity index (χ0) is 11.3. The summed E-state index contributed by atoms with van der Waals surface area (Å²) in [5, 5.41) is 0. The van der Waals surface area contributed by atoms with Gasteiger partial charge in [-0.3, -0.25) is 4.57 Å². The molecule has 90 valence electrons. The Hall–Kier alpha value is -0.150. The van der Waals surface area contributed by atoms with E-state index in [4.69, 9.17) is 0 Å². The molecule has 0 aromatic heterocycles. The van der Waals surface area contributed by atoms with Gasteiger partial charge in [0.25, 0.3) is 7.59 Å². The third-order valence-electron chi connectivity index (χ3n) is 3.73. The molecule has 3 aliphatic heterocycles. The molecule has 0 saturated carbocycles. The summed E-state index contributed by atoms with van der Waals surface area (Å²) in [6, 6.07) is 1.01. The molecule has 3 aliphatic rings. The minimum Gasteiger partial charge on any atom is -0.270 e. The van der Waals surface area contributed by atoms with Crippen LogP contribution >= 0.6 is 7.59 Å². The van der Waals surface area contributed by atoms with Crippen LogP contribution in [0.25, 0.3) is 0 Å². The highest BCUT2D eigenvalue weighted by molar-refractivity contribution is 7.57. The van der Waals surface area contributed by atoms with Crippen molar-refractivity contribution >= 4 is 7.59 Å². The molecule has 5 heteroatoms. The van der Waals surface area contributed by atoms with Crippen LogP contribution in [-0.2, 0) is 4.57 Å². The van der Waals surface area contributed by atoms with E-state index < -0.39 is 7.59 Å². The molecule has 0 radical (unpaired) electrons. The molecule has 3 rings (SSSR count). The van der Waals surface area contributed by atoms with Gasteiger partial charge in [0.15, 0.2) is 0 Å². The summed E-state index contributed by atoms with van der Waals surface area (Å²) in [5.41, 5.74) is 0. The molecule has 0 amide bonds. The van der Waals surface area contributed by atoms with E-state index in [0.29, 0.717) is 12.1 Å². The first-order chi connectivity index (χ1) is 7.64. The summed E-state index contributed by atoms with van der Waals surface area (Å²) in [4.78, 5) is 0. The van der Waals surface area contributed by atoms with Gasteiger partial charge in [-0.05, 0) is 20.3 Å². The quantitative estimate of drug-likeness (QED) is 0.427. The summed E-state index contributed by atoms with van der Waals surface area (Å²) in [6.45, 7) is 8.13. The van der Waals surface area contributed by atoms with E-state index in [1.165, 1.54) is 0 Å². The van der Waals surface area contributed by atoms with Crippen LogP contribution in [-0.4, -0.2) is 52.3 Å². The fraction of sp³-hybridized carbons (Fsp3) is 0.818. The number of rotatable bonds is 3. The Labute approximate surface area is 97.4 Å². The zero-order valence-electron chi connectivity index (χ0n) is 10.0. The lowest BCUT2D eigenvalue weighted by Gasteiger charge is -2.34. The molecule has 0 N–H and O–H groups in total. The van der Waals surface area contributed by atoms with Crippen molar-refractivity contribution in [3.63, 3.8) is 0 Å². The van der Waals surface area contributed by atoms with Crippen molar-refractivity contribution in [1.82, 2.24) is 14.0 Å². The Balaban J connectivity index is 1.84. The first kappa shape index (κ1) is 11.0. The number of nitrogens with zero attached hydrogens (tertiary/aromatic N) is 3. The van der Waals surface area contributed by atoms with E-state index in [1.54, 1.807) is 0 Å². The smallest absolute Gasteiger partial charge is 0.270 e. The van der Waals surface area contributed by atoms with Gasteiger partial charge in [0, 0.05) is 38.3 Å². The van der Waals surface area contributed by atoms with Crippen molar-refractivity contribution in [2.75, 3.05) is 26.2 Å². The van der Waals surface area contributed by atoms with Crippen LogP contribution in [0.5, 0.6) is 0 Å². The van der Waals surface area contributed by atoms with Crippen molar-refractivity contribution in [3.05, 3.63) is 12.2 Å². The van der Waals surface area contributed by atoms with Crippen LogP contribution in [0.2, 0.25) is 0 Å². The van der Waals surface area contributed by atoms with Crippen LogP contribution in [0.4, 0.5) is 0 Å². The maximum Gasteiger partial charge on any atom is 0.287 e. The van der Waals surface area contributed by atoms with E-state index >= 15 is 0 Å². The number of hydrogen-bond donors (Lipinski definition) is 0. The molecule has 4 nitrogen and oxygen atoms in total. The van der Waals surface area contributed by atoms with Gasteiger partial charge in [-0.25, -0.2) is 14.0 Å². The lowest BCUT2D eigenvalue weighted by molar-refractivity contribution is 0.376. The maximum absolute atomic E-state index is 13.3. The lowest BCUT2D eigenvalue weighted by Crippen LogP contribution is -2.31. The Morgan fingerprint density at radius 2 is 1.69 bits per heavy atom. The first-order valence-electron chi connectivity index (χ1n) is 6.18. The van der Waals surface area contributed by atoms with Gasteiger partial charge in [-0.2, -0.15) is 0 Å². The van der Waals surface area contributed by atoms with Crippen LogP contribution in [0.1, 0.15) is 20.3 Å². The highest BCUT2D eigenvalue weighted by Crippen LogP contribution is 2.66. The second kappa shape index (κ2) is 3.67. The van der Waals surface area contributed by atoms with Gasteiger partial charge in [0.05, 0.1) is 0 Å². The molecule has 4 atom stereocenters. The largest absolute Gasteiger partial charge is 0.287 e. The highest BCUT2D eigenvalue weighted by Gasteiger charge is 2.57. The van der Waals surface area contributed by atoms with Crippen LogP contribution < -0.4 is 0 Å². The number of hydrogen-bond acceptors (Lipinski definition) is 1. The fourth-order valence-electron chi connectivity index (χ4n) is 2.51. The standard InChI is InChI=1S/C11H20N3OP/c1-10-8-13(10)16(15,14-9-11(14)2)12-6-4-3-5-7-12/h3-4,10-11H,5-9H2,1-2H3. The zero-order valence-corrected chi connectivity index (χ0v) is 10.9. The predicted octanol–water partition coefficient (Wildman–Crippen LogP) is 1.76. The van der Waals surface area contributed by atoms with Gasteiger partial charge in [0.1, 0.15) is 0 Å². The Morgan fingerprint density at radius 3 is 2.06 bits per heavy atom. The third-order valence-corrected chi connectivity index (χ3v) is 7.28. The average molecular weight is 241 g/mol. The van der Waals surface area contributed by atoms with E-state index in [-0.39, 0.29) is 0 Å². The van der Waals surface area contributed by atoms with Gasteiger partial charge in [-0.1, -0.05) is 12.2 Å². The molecule has 2 saturated heterocycles. The minimum absolute atomic E-state index is 0.504. The predicted molar refractivity (Wildman–Crippen MR) is 65.3 cm³/mol. The van der Waals surface area contributed by atoms with E-state index in [1.807, 2.05) is 0 Å². The highest BCUT2D eigenvalue weighted by atomic mass is 31.2. The van der Waals surface area contributed by atoms with Gasteiger partial charge in [-0.15, -0.1) is 0 Å².